The lowest BCUT2D eigenvalue weighted by molar-refractivity contribution is 0.572. The molecule has 0 bridgehead atoms. The zero-order valence-electron chi connectivity index (χ0n) is 44.5. The van der Waals surface area contributed by atoms with Crippen LogP contribution < -0.4 is 25.5 Å². The number of fused-ring (bicyclic) bond motifs is 16. The number of anilines is 6. The lowest BCUT2D eigenvalue weighted by Gasteiger charge is -2.44. The molecule has 4 heteroatoms. The highest BCUT2D eigenvalue weighted by molar-refractivity contribution is 7.29. The third-order valence-corrected chi connectivity index (χ3v) is 18.5. The van der Waals surface area contributed by atoms with E-state index in [9.17, 15) is 0 Å². The molecule has 0 fully saturated rings. The molecule has 0 saturated carbocycles. The summed E-state index contributed by atoms with van der Waals surface area (Å²) in [7, 11) is 0. The molecule has 0 radical (unpaired) electrons. The van der Waals surface area contributed by atoms with E-state index >= 15 is 0 Å². The van der Waals surface area contributed by atoms with E-state index in [1.165, 1.54) is 133 Å². The first kappa shape index (κ1) is 45.5. The Morgan fingerprint density at radius 3 is 1.73 bits per heavy atom. The van der Waals surface area contributed by atoms with Crippen molar-refractivity contribution in [2.24, 2.45) is 0 Å². The molecule has 1 aromatic heterocycles. The maximum atomic E-state index is 2.70. The molecule has 1 atom stereocenters. The second kappa shape index (κ2) is 15.7. The molecule has 1 spiro atoms. The van der Waals surface area contributed by atoms with Crippen molar-refractivity contribution in [2.45, 2.75) is 103 Å². The fourth-order valence-electron chi connectivity index (χ4n) is 14.1. The maximum Gasteiger partial charge on any atom is 0.264 e. The molecule has 362 valence electrons. The predicted octanol–water partition coefficient (Wildman–Crippen LogP) is 16.8. The molecule has 0 amide bonds. The summed E-state index contributed by atoms with van der Waals surface area (Å²) in [5.74, 6) is 0.214. The van der Waals surface area contributed by atoms with Gasteiger partial charge in [0.25, 0.3) is 6.71 Å². The van der Waals surface area contributed by atoms with Gasteiger partial charge in [-0.3, -0.25) is 0 Å². The van der Waals surface area contributed by atoms with E-state index in [1.807, 2.05) is 0 Å². The third kappa shape index (κ3) is 6.30. The molecule has 0 N–H and O–H groups in total. The molecule has 3 heterocycles. The first-order valence-electron chi connectivity index (χ1n) is 26.9. The summed E-state index contributed by atoms with van der Waals surface area (Å²) in [4.78, 5) is 6.65. The fraction of sp³-hybridized carbons (Fsp3) is 0.229. The Morgan fingerprint density at radius 1 is 0.541 bits per heavy atom. The second-order valence-corrected chi connectivity index (χ2v) is 26.0. The van der Waals surface area contributed by atoms with Gasteiger partial charge in [-0.05, 0) is 167 Å². The van der Waals surface area contributed by atoms with Crippen LogP contribution in [0.2, 0.25) is 0 Å². The van der Waals surface area contributed by atoms with Gasteiger partial charge in [0, 0.05) is 44.0 Å². The van der Waals surface area contributed by atoms with Gasteiger partial charge < -0.3 is 9.80 Å². The number of allylic oxidation sites excluding steroid dienone is 1. The van der Waals surface area contributed by atoms with E-state index in [4.69, 9.17) is 0 Å². The predicted molar refractivity (Wildman–Crippen MR) is 317 cm³/mol. The SMILES string of the molecule is Cc1cc2c3c(c1)N(c1ccccc1)c1c(sc4c1CC1C(=C4)C4(c5ccccc5-c5ccccc54)c4cc(C(C)(C)C)ccc41)B3c1ccc(-c3c(C(C)(C)C)cccc3C(C)(C)C)cc1N2c1ccccc1. The minimum Gasteiger partial charge on any atom is -0.311 e. The summed E-state index contributed by atoms with van der Waals surface area (Å²) in [6, 6.07) is 68.0. The van der Waals surface area contributed by atoms with Gasteiger partial charge in [0.05, 0.1) is 11.1 Å². The number of hydrogen-bond donors (Lipinski definition) is 0. The standard InChI is InChI=1S/C70H63BN2S/c1-42-36-60-64-61(37-42)73(46-24-15-12-16-25-46)65-51-40-50-49-34-33-44(67(2,3)4)39-56(49)70(52-28-19-17-26-47(52)48-27-18-20-29-53(48)70)57(50)41-62(51)74-66(65)71(64)58-35-32-43(38-59(58)72(60)45-22-13-11-14-23-45)63-54(68(5,6)7)30-21-31-55(63)69(8,9)10/h11-39,41,50H,40H2,1-10H3. The molecule has 9 aromatic rings. The van der Waals surface area contributed by atoms with Crippen molar-refractivity contribution >= 4 is 74.0 Å². The molecular formula is C70H63BN2S. The number of benzene rings is 8. The number of nitrogens with zero attached hydrogens (tertiary/aromatic N) is 2. The molecule has 14 rings (SSSR count). The number of para-hydroxylation sites is 2. The largest absolute Gasteiger partial charge is 0.311 e. The molecule has 0 saturated heterocycles. The molecule has 2 aliphatic heterocycles. The second-order valence-electron chi connectivity index (χ2n) is 24.9. The van der Waals surface area contributed by atoms with E-state index in [0.29, 0.717) is 0 Å². The topological polar surface area (TPSA) is 6.48 Å². The van der Waals surface area contributed by atoms with Crippen LogP contribution in [-0.4, -0.2) is 6.71 Å². The van der Waals surface area contributed by atoms with Gasteiger partial charge in [-0.25, -0.2) is 0 Å². The number of hydrogen-bond acceptors (Lipinski definition) is 3. The highest BCUT2D eigenvalue weighted by Gasteiger charge is 2.57. The van der Waals surface area contributed by atoms with Crippen LogP contribution in [0.25, 0.3) is 28.3 Å². The van der Waals surface area contributed by atoms with Crippen LogP contribution in [0.15, 0.2) is 181 Å². The Balaban J connectivity index is 1.06. The van der Waals surface area contributed by atoms with Crippen molar-refractivity contribution in [3.63, 3.8) is 0 Å². The summed E-state index contributed by atoms with van der Waals surface area (Å²) in [5.41, 5.74) is 29.4. The number of aryl methyl sites for hydroxylation is 1. The van der Waals surface area contributed by atoms with E-state index in [0.717, 1.165) is 6.42 Å². The first-order chi connectivity index (χ1) is 35.5. The van der Waals surface area contributed by atoms with Crippen LogP contribution >= 0.6 is 11.3 Å². The Hall–Kier alpha value is -7.14. The van der Waals surface area contributed by atoms with Gasteiger partial charge >= 0.3 is 0 Å². The summed E-state index contributed by atoms with van der Waals surface area (Å²) in [6.07, 6.45) is 3.63. The van der Waals surface area contributed by atoms with Crippen LogP contribution in [0, 0.1) is 6.92 Å². The summed E-state index contributed by atoms with van der Waals surface area (Å²) in [5, 5.41) is 0. The molecular weight excluding hydrogens is 912 g/mol. The zero-order chi connectivity index (χ0) is 50.8. The van der Waals surface area contributed by atoms with Crippen LogP contribution in [0.5, 0.6) is 0 Å². The molecule has 5 aliphatic rings. The normalized spacial score (nSPS) is 16.4. The minimum absolute atomic E-state index is 0.00618. The fourth-order valence-corrected chi connectivity index (χ4v) is 15.5. The number of thiophene rings is 1. The van der Waals surface area contributed by atoms with Crippen molar-refractivity contribution in [3.05, 3.63) is 236 Å². The van der Waals surface area contributed by atoms with Gasteiger partial charge in [0.2, 0.25) is 0 Å². The quantitative estimate of drug-likeness (QED) is 0.163. The average molecular weight is 975 g/mol. The molecule has 2 nitrogen and oxygen atoms in total. The van der Waals surface area contributed by atoms with E-state index in [2.05, 4.69) is 272 Å². The lowest BCUT2D eigenvalue weighted by Crippen LogP contribution is -2.60. The van der Waals surface area contributed by atoms with Crippen LogP contribution in [-0.2, 0) is 28.1 Å². The average Bonchev–Trinajstić information content (AvgIpc) is 4.00. The third-order valence-electron chi connectivity index (χ3n) is 17.3. The molecule has 74 heavy (non-hydrogen) atoms. The van der Waals surface area contributed by atoms with Crippen molar-refractivity contribution in [3.8, 4) is 22.3 Å². The maximum absolute atomic E-state index is 2.70. The molecule has 8 aromatic carbocycles. The van der Waals surface area contributed by atoms with Gasteiger partial charge in [0.1, 0.15) is 0 Å². The zero-order valence-corrected chi connectivity index (χ0v) is 45.3. The monoisotopic (exact) mass is 974 g/mol. The van der Waals surface area contributed by atoms with Crippen molar-refractivity contribution in [2.75, 3.05) is 9.80 Å². The van der Waals surface area contributed by atoms with Gasteiger partial charge in [-0.2, -0.15) is 0 Å². The van der Waals surface area contributed by atoms with Gasteiger partial charge in [-0.15, -0.1) is 11.3 Å². The number of rotatable bonds is 3. The van der Waals surface area contributed by atoms with Crippen molar-refractivity contribution in [1.29, 1.82) is 0 Å². The van der Waals surface area contributed by atoms with Gasteiger partial charge in [-0.1, -0.05) is 196 Å². The smallest absolute Gasteiger partial charge is 0.264 e. The Morgan fingerprint density at radius 2 is 1.12 bits per heavy atom. The Bertz CT molecular complexity index is 3780. The van der Waals surface area contributed by atoms with Crippen LogP contribution in [0.1, 0.15) is 123 Å². The van der Waals surface area contributed by atoms with Crippen LogP contribution in [0.3, 0.4) is 0 Å². The van der Waals surface area contributed by atoms with Gasteiger partial charge in [0.15, 0.2) is 0 Å². The Kier molecular flexibility index (Phi) is 9.65. The van der Waals surface area contributed by atoms with Crippen molar-refractivity contribution < 1.29 is 0 Å². The highest BCUT2D eigenvalue weighted by Crippen LogP contribution is 2.67. The van der Waals surface area contributed by atoms with E-state index in [-0.39, 0.29) is 34.3 Å². The van der Waals surface area contributed by atoms with Crippen molar-refractivity contribution in [1.82, 2.24) is 0 Å². The van der Waals surface area contributed by atoms with E-state index in [1.54, 1.807) is 0 Å². The lowest BCUT2D eigenvalue weighted by atomic mass is 9.36. The van der Waals surface area contributed by atoms with Crippen LogP contribution in [0.4, 0.5) is 34.1 Å². The van der Waals surface area contributed by atoms with E-state index < -0.39 is 0 Å². The first-order valence-corrected chi connectivity index (χ1v) is 27.7. The summed E-state index contributed by atoms with van der Waals surface area (Å²) >= 11 is 2.06. The molecule has 1 unspecified atom stereocenters. The minimum atomic E-state index is -0.387. The summed E-state index contributed by atoms with van der Waals surface area (Å²) < 4.78 is 1.44. The summed E-state index contributed by atoms with van der Waals surface area (Å²) in [6.45, 7) is 23.6. The highest BCUT2D eigenvalue weighted by atomic mass is 32.1. The Labute approximate surface area is 443 Å². The molecule has 3 aliphatic carbocycles.